The van der Waals surface area contributed by atoms with Crippen molar-refractivity contribution >= 4 is 0 Å². The van der Waals surface area contributed by atoms with Crippen molar-refractivity contribution in [2.75, 3.05) is 13.6 Å². The zero-order valence-corrected chi connectivity index (χ0v) is 10.5. The standard InChI is InChI=1S/C14H22N2O/c1-16(13-4-2-3-5-14(13)17)11-8-12-6-9-15-10-7-12/h6-7,9-10,13-14,17H,2-5,8,11H2,1H3. The average Bonchev–Trinajstić information content (AvgIpc) is 2.38. The molecule has 1 heterocycles. The van der Waals surface area contributed by atoms with Crippen LogP contribution in [0.3, 0.4) is 0 Å². The van der Waals surface area contributed by atoms with Gasteiger partial charge in [0.15, 0.2) is 0 Å². The van der Waals surface area contributed by atoms with Crippen LogP contribution < -0.4 is 0 Å². The summed E-state index contributed by atoms with van der Waals surface area (Å²) in [5.41, 5.74) is 1.32. The topological polar surface area (TPSA) is 36.4 Å². The van der Waals surface area contributed by atoms with Crippen molar-refractivity contribution in [1.82, 2.24) is 9.88 Å². The van der Waals surface area contributed by atoms with Crippen molar-refractivity contribution in [3.05, 3.63) is 30.1 Å². The Labute approximate surface area is 103 Å². The van der Waals surface area contributed by atoms with Gasteiger partial charge in [-0.2, -0.15) is 0 Å². The number of rotatable bonds is 4. The number of likely N-dealkylation sites (N-methyl/N-ethyl adjacent to an activating group) is 1. The first-order valence-corrected chi connectivity index (χ1v) is 6.54. The summed E-state index contributed by atoms with van der Waals surface area (Å²) in [6, 6.07) is 4.47. The lowest BCUT2D eigenvalue weighted by molar-refractivity contribution is 0.0327. The van der Waals surface area contributed by atoms with Gasteiger partial charge in [0.1, 0.15) is 0 Å². The summed E-state index contributed by atoms with van der Waals surface area (Å²) in [7, 11) is 2.13. The van der Waals surface area contributed by atoms with Crippen LogP contribution in [0.1, 0.15) is 31.2 Å². The van der Waals surface area contributed by atoms with Gasteiger partial charge in [0.05, 0.1) is 6.10 Å². The molecule has 1 aliphatic rings. The summed E-state index contributed by atoms with van der Waals surface area (Å²) in [5.74, 6) is 0. The molecule has 94 valence electrons. The predicted octanol–water partition coefficient (Wildman–Crippen LogP) is 1.86. The maximum atomic E-state index is 9.98. The zero-order valence-electron chi connectivity index (χ0n) is 10.5. The van der Waals surface area contributed by atoms with Gasteiger partial charge in [-0.05, 0) is 44.0 Å². The van der Waals surface area contributed by atoms with E-state index in [0.717, 1.165) is 25.8 Å². The summed E-state index contributed by atoms with van der Waals surface area (Å²) in [5, 5.41) is 9.98. The maximum absolute atomic E-state index is 9.98. The number of hydrogen-bond donors (Lipinski definition) is 1. The molecular weight excluding hydrogens is 212 g/mol. The number of aliphatic hydroxyl groups excluding tert-OH is 1. The minimum Gasteiger partial charge on any atom is -0.391 e. The molecule has 2 unspecified atom stereocenters. The van der Waals surface area contributed by atoms with Gasteiger partial charge in [-0.15, -0.1) is 0 Å². The Morgan fingerprint density at radius 1 is 1.29 bits per heavy atom. The molecule has 0 saturated heterocycles. The van der Waals surface area contributed by atoms with E-state index in [-0.39, 0.29) is 6.10 Å². The number of nitrogens with zero attached hydrogens (tertiary/aromatic N) is 2. The van der Waals surface area contributed by atoms with Crippen LogP contribution in [-0.2, 0) is 6.42 Å². The highest BCUT2D eigenvalue weighted by atomic mass is 16.3. The van der Waals surface area contributed by atoms with E-state index >= 15 is 0 Å². The summed E-state index contributed by atoms with van der Waals surface area (Å²) in [6.45, 7) is 1.01. The second kappa shape index (κ2) is 6.12. The van der Waals surface area contributed by atoms with Crippen LogP contribution >= 0.6 is 0 Å². The van der Waals surface area contributed by atoms with Crippen molar-refractivity contribution in [2.45, 2.75) is 44.2 Å². The van der Waals surface area contributed by atoms with Crippen LogP contribution in [-0.4, -0.2) is 40.7 Å². The average molecular weight is 234 g/mol. The normalized spacial score (nSPS) is 25.1. The highest BCUT2D eigenvalue weighted by molar-refractivity contribution is 5.10. The van der Waals surface area contributed by atoms with Gasteiger partial charge >= 0.3 is 0 Å². The van der Waals surface area contributed by atoms with E-state index in [1.165, 1.54) is 18.4 Å². The number of aromatic nitrogens is 1. The van der Waals surface area contributed by atoms with Gasteiger partial charge < -0.3 is 10.0 Å². The molecule has 0 spiro atoms. The van der Waals surface area contributed by atoms with Crippen molar-refractivity contribution in [2.24, 2.45) is 0 Å². The van der Waals surface area contributed by atoms with Crippen LogP contribution in [0.25, 0.3) is 0 Å². The molecule has 1 aromatic rings. The van der Waals surface area contributed by atoms with Gasteiger partial charge in [0.2, 0.25) is 0 Å². The lowest BCUT2D eigenvalue weighted by atomic mass is 9.91. The monoisotopic (exact) mass is 234 g/mol. The smallest absolute Gasteiger partial charge is 0.0695 e. The van der Waals surface area contributed by atoms with Crippen molar-refractivity contribution in [1.29, 1.82) is 0 Å². The summed E-state index contributed by atoms with van der Waals surface area (Å²) in [6.07, 6.45) is 9.10. The van der Waals surface area contributed by atoms with Crippen molar-refractivity contribution < 1.29 is 5.11 Å². The molecule has 1 aromatic heterocycles. The molecule has 1 fully saturated rings. The third-order valence-corrected chi connectivity index (χ3v) is 3.76. The maximum Gasteiger partial charge on any atom is 0.0695 e. The Morgan fingerprint density at radius 3 is 2.71 bits per heavy atom. The molecule has 0 radical (unpaired) electrons. The van der Waals surface area contributed by atoms with Crippen LogP contribution in [0.5, 0.6) is 0 Å². The van der Waals surface area contributed by atoms with Crippen LogP contribution in [0, 0.1) is 0 Å². The first kappa shape index (κ1) is 12.5. The third kappa shape index (κ3) is 3.51. The first-order chi connectivity index (χ1) is 8.27. The Bertz CT molecular complexity index is 328. The molecule has 1 saturated carbocycles. The van der Waals surface area contributed by atoms with E-state index in [9.17, 15) is 5.11 Å². The Kier molecular flexibility index (Phi) is 4.51. The molecule has 1 N–H and O–H groups in total. The van der Waals surface area contributed by atoms with E-state index in [4.69, 9.17) is 0 Å². The van der Waals surface area contributed by atoms with E-state index in [1.54, 1.807) is 0 Å². The van der Waals surface area contributed by atoms with Crippen molar-refractivity contribution in [3.63, 3.8) is 0 Å². The van der Waals surface area contributed by atoms with Gasteiger partial charge in [0.25, 0.3) is 0 Å². The fourth-order valence-corrected chi connectivity index (χ4v) is 2.63. The number of hydrogen-bond acceptors (Lipinski definition) is 3. The second-order valence-electron chi connectivity index (χ2n) is 5.01. The van der Waals surface area contributed by atoms with E-state index in [2.05, 4.69) is 29.1 Å². The molecule has 1 aliphatic carbocycles. The highest BCUT2D eigenvalue weighted by Crippen LogP contribution is 2.22. The summed E-state index contributed by atoms with van der Waals surface area (Å²) < 4.78 is 0. The molecule has 3 nitrogen and oxygen atoms in total. The first-order valence-electron chi connectivity index (χ1n) is 6.54. The third-order valence-electron chi connectivity index (χ3n) is 3.76. The van der Waals surface area contributed by atoms with Gasteiger partial charge in [0, 0.05) is 25.0 Å². The second-order valence-corrected chi connectivity index (χ2v) is 5.01. The Balaban J connectivity index is 1.82. The molecular formula is C14H22N2O. The highest BCUT2D eigenvalue weighted by Gasteiger charge is 2.25. The molecule has 3 heteroatoms. The largest absolute Gasteiger partial charge is 0.391 e. The molecule has 0 aliphatic heterocycles. The molecule has 0 aromatic carbocycles. The van der Waals surface area contributed by atoms with Gasteiger partial charge in [-0.3, -0.25) is 4.98 Å². The van der Waals surface area contributed by atoms with Crippen molar-refractivity contribution in [3.8, 4) is 0 Å². The lowest BCUT2D eigenvalue weighted by Gasteiger charge is -2.35. The van der Waals surface area contributed by atoms with E-state index < -0.39 is 0 Å². The SMILES string of the molecule is CN(CCc1ccncc1)C1CCCCC1O. The quantitative estimate of drug-likeness (QED) is 0.864. The van der Waals surface area contributed by atoms with Gasteiger partial charge in [-0.1, -0.05) is 12.8 Å². The lowest BCUT2D eigenvalue weighted by Crippen LogP contribution is -2.44. The van der Waals surface area contributed by atoms with Crippen LogP contribution in [0.15, 0.2) is 24.5 Å². The minimum atomic E-state index is -0.133. The Hall–Kier alpha value is -0.930. The predicted molar refractivity (Wildman–Crippen MR) is 68.8 cm³/mol. The van der Waals surface area contributed by atoms with E-state index in [1.807, 2.05) is 12.4 Å². The van der Waals surface area contributed by atoms with Crippen LogP contribution in [0.2, 0.25) is 0 Å². The van der Waals surface area contributed by atoms with Gasteiger partial charge in [-0.25, -0.2) is 0 Å². The molecule has 17 heavy (non-hydrogen) atoms. The summed E-state index contributed by atoms with van der Waals surface area (Å²) in [4.78, 5) is 6.33. The van der Waals surface area contributed by atoms with Crippen LogP contribution in [0.4, 0.5) is 0 Å². The zero-order chi connectivity index (χ0) is 12.1. The fraction of sp³-hybridized carbons (Fsp3) is 0.643. The Morgan fingerprint density at radius 2 is 2.00 bits per heavy atom. The summed E-state index contributed by atoms with van der Waals surface area (Å²) >= 11 is 0. The minimum absolute atomic E-state index is 0.133. The molecule has 0 bridgehead atoms. The number of aliphatic hydroxyl groups is 1. The van der Waals surface area contributed by atoms with E-state index in [0.29, 0.717) is 6.04 Å². The molecule has 0 amide bonds. The fourth-order valence-electron chi connectivity index (χ4n) is 2.63. The number of pyridine rings is 1. The molecule has 2 atom stereocenters. The molecule has 2 rings (SSSR count).